The normalized spacial score (nSPS) is 13.2. The molecule has 1 atom stereocenters. The Labute approximate surface area is 242 Å². The molecule has 0 aliphatic heterocycles. The van der Waals surface area contributed by atoms with Gasteiger partial charge in [0, 0.05) is 54.3 Å². The number of carbonyl (C=O) groups excluding carboxylic acids is 1. The fourth-order valence-electron chi connectivity index (χ4n) is 3.12. The molecule has 1 rings (SSSR count). The van der Waals surface area contributed by atoms with Gasteiger partial charge in [0.25, 0.3) is 5.91 Å². The van der Waals surface area contributed by atoms with Gasteiger partial charge in [-0.3, -0.25) is 9.80 Å². The summed E-state index contributed by atoms with van der Waals surface area (Å²) in [6, 6.07) is 6.81. The van der Waals surface area contributed by atoms with Gasteiger partial charge < -0.3 is 19.8 Å². The van der Waals surface area contributed by atoms with Crippen LogP contribution in [0.1, 0.15) is 41.0 Å². The van der Waals surface area contributed by atoms with Gasteiger partial charge in [-0.05, 0) is 45.0 Å². The molecule has 1 aromatic carbocycles. The van der Waals surface area contributed by atoms with Gasteiger partial charge >= 0.3 is 0 Å². The number of hydrogen-bond donors (Lipinski definition) is 1. The van der Waals surface area contributed by atoms with Crippen molar-refractivity contribution < 1.29 is 14.3 Å². The number of nitriles is 1. The molecule has 9 nitrogen and oxygen atoms in total. The van der Waals surface area contributed by atoms with Crippen molar-refractivity contribution in [2.75, 3.05) is 32.9 Å². The summed E-state index contributed by atoms with van der Waals surface area (Å²) in [5.41, 5.74) is 0.141. The third-order valence-corrected chi connectivity index (χ3v) is 6.15. The summed E-state index contributed by atoms with van der Waals surface area (Å²) in [5.74, 6) is 0.236. The van der Waals surface area contributed by atoms with Crippen molar-refractivity contribution >= 4 is 46.7 Å². The number of hydrazone groups is 1. The van der Waals surface area contributed by atoms with Gasteiger partial charge in [-0.25, -0.2) is 0 Å². The smallest absolute Gasteiger partial charge is 0.270 e. The number of ether oxygens (including phenoxy) is 2. The third-order valence-electron chi connectivity index (χ3n) is 5.72. The van der Waals surface area contributed by atoms with Crippen molar-refractivity contribution in [1.29, 1.82) is 10.7 Å². The van der Waals surface area contributed by atoms with Gasteiger partial charge in [-0.2, -0.15) is 15.5 Å². The first-order chi connectivity index (χ1) is 18.2. The Morgan fingerprint density at radius 3 is 2.31 bits per heavy atom. The maximum Gasteiger partial charge on any atom is 0.270 e. The van der Waals surface area contributed by atoms with E-state index in [2.05, 4.69) is 6.58 Å². The number of nitrogens with zero attached hydrogens (tertiary/aromatic N) is 5. The van der Waals surface area contributed by atoms with E-state index >= 15 is 0 Å². The zero-order valence-electron chi connectivity index (χ0n) is 23.9. The quantitative estimate of drug-likeness (QED) is 0.0954. The highest BCUT2D eigenvalue weighted by atomic mass is 35.5. The van der Waals surface area contributed by atoms with Crippen LogP contribution in [-0.2, 0) is 14.3 Å². The lowest BCUT2D eigenvalue weighted by molar-refractivity contribution is -0.127. The Bertz CT molecular complexity index is 1150. The van der Waals surface area contributed by atoms with Gasteiger partial charge in [0.05, 0.1) is 25.2 Å². The molecule has 0 aromatic heterocycles. The number of amides is 1. The van der Waals surface area contributed by atoms with Crippen molar-refractivity contribution in [1.82, 2.24) is 9.91 Å². The van der Waals surface area contributed by atoms with Gasteiger partial charge in [0.15, 0.2) is 0 Å². The molecule has 212 valence electrons. The topological polar surface area (TPSA) is 105 Å². The van der Waals surface area contributed by atoms with E-state index in [9.17, 15) is 10.1 Å². The average Bonchev–Trinajstić information content (AvgIpc) is 2.87. The number of hydrogen-bond acceptors (Lipinski definition) is 8. The maximum absolute atomic E-state index is 13.8. The highest BCUT2D eigenvalue weighted by Crippen LogP contribution is 2.28. The summed E-state index contributed by atoms with van der Waals surface area (Å²) in [6.07, 6.45) is 4.66. The molecule has 11 heteroatoms. The van der Waals surface area contributed by atoms with Crippen LogP contribution in [0.25, 0.3) is 0 Å². The molecule has 0 fully saturated rings. The number of nitrogens with one attached hydrogen (secondary N) is 1. The number of rotatable bonds is 13. The summed E-state index contributed by atoms with van der Waals surface area (Å²) in [5, 5.41) is 25.3. The van der Waals surface area contributed by atoms with Crippen molar-refractivity contribution in [3.05, 3.63) is 64.2 Å². The first-order valence-electron chi connectivity index (χ1n) is 12.2. The standard InChI is InChI=1S/C28H38Cl2N6O3/c1-10-25(38-9)13-20(3)39-18-19(2)26(27(37)34(7)28(4,5)6)33-36(35(8)23(17-32)11-12-31)24-15-21(29)14-22(30)16-24/h11-16,19,31H,3,10,18H2,1-2,4-9H3/b23-11-,25-13+,31-12?,33-26+. The number of allylic oxidation sites excluding steroid dienone is 4. The summed E-state index contributed by atoms with van der Waals surface area (Å²) < 4.78 is 11.1. The van der Waals surface area contributed by atoms with Gasteiger partial charge in [0.2, 0.25) is 0 Å². The minimum atomic E-state index is -0.511. The molecule has 0 saturated heterocycles. The van der Waals surface area contributed by atoms with Crippen molar-refractivity contribution in [3.8, 4) is 6.07 Å². The molecule has 1 N–H and O–H groups in total. The van der Waals surface area contributed by atoms with E-state index in [0.717, 1.165) is 6.21 Å². The van der Waals surface area contributed by atoms with Crippen molar-refractivity contribution in [3.63, 3.8) is 0 Å². The number of methoxy groups -OCH3 is 1. The van der Waals surface area contributed by atoms with Crippen LogP contribution in [0.15, 0.2) is 59.2 Å². The second-order valence-electron chi connectivity index (χ2n) is 9.64. The predicted molar refractivity (Wildman–Crippen MR) is 159 cm³/mol. The lowest BCUT2D eigenvalue weighted by Gasteiger charge is -2.35. The van der Waals surface area contributed by atoms with Gasteiger partial charge in [-0.1, -0.05) is 43.6 Å². The van der Waals surface area contributed by atoms with E-state index in [0.29, 0.717) is 33.7 Å². The third kappa shape index (κ3) is 9.97. The van der Waals surface area contributed by atoms with Crippen LogP contribution in [0.3, 0.4) is 0 Å². The lowest BCUT2D eigenvalue weighted by atomic mass is 10.0. The number of carbonyl (C=O) groups is 1. The minimum absolute atomic E-state index is 0.0912. The largest absolute Gasteiger partial charge is 0.501 e. The van der Waals surface area contributed by atoms with E-state index in [1.54, 1.807) is 50.4 Å². The molecular formula is C28H38Cl2N6O3. The van der Waals surface area contributed by atoms with E-state index in [-0.39, 0.29) is 23.9 Å². The van der Waals surface area contributed by atoms with Crippen LogP contribution in [0.5, 0.6) is 0 Å². The molecule has 0 heterocycles. The molecule has 0 bridgehead atoms. The predicted octanol–water partition coefficient (Wildman–Crippen LogP) is 6.42. The summed E-state index contributed by atoms with van der Waals surface area (Å²) >= 11 is 12.6. The lowest BCUT2D eigenvalue weighted by Crippen LogP contribution is -2.49. The Balaban J connectivity index is 3.72. The minimum Gasteiger partial charge on any atom is -0.501 e. The first-order valence-corrected chi connectivity index (χ1v) is 13.0. The number of benzene rings is 1. The van der Waals surface area contributed by atoms with Crippen LogP contribution in [0.4, 0.5) is 5.69 Å². The zero-order valence-corrected chi connectivity index (χ0v) is 25.4. The molecule has 0 saturated carbocycles. The Kier molecular flexibility index (Phi) is 13.1. The van der Waals surface area contributed by atoms with Crippen LogP contribution in [0, 0.1) is 22.7 Å². The molecule has 0 radical (unpaired) electrons. The molecule has 0 spiro atoms. The summed E-state index contributed by atoms with van der Waals surface area (Å²) in [6.45, 7) is 13.5. The molecule has 1 aromatic rings. The zero-order chi connectivity index (χ0) is 29.9. The van der Waals surface area contributed by atoms with Crippen LogP contribution >= 0.6 is 23.2 Å². The fourth-order valence-corrected chi connectivity index (χ4v) is 3.63. The summed E-state index contributed by atoms with van der Waals surface area (Å²) in [7, 11) is 4.85. The van der Waals surface area contributed by atoms with Crippen molar-refractivity contribution in [2.24, 2.45) is 11.0 Å². The molecule has 39 heavy (non-hydrogen) atoms. The highest BCUT2D eigenvalue weighted by molar-refractivity contribution is 6.39. The average molecular weight is 578 g/mol. The number of anilines is 1. The SMILES string of the molecule is C=C(/C=C(\CC)OC)OCC(C)/C(=N\N(c1cc(Cl)cc(Cl)c1)N(C)/C(C#N)=C\C=N)C(=O)N(C)C(C)(C)C. The Morgan fingerprint density at radius 1 is 1.26 bits per heavy atom. The van der Waals surface area contributed by atoms with Crippen LogP contribution < -0.4 is 5.12 Å². The van der Waals surface area contributed by atoms with Gasteiger partial charge in [0.1, 0.15) is 23.2 Å². The molecule has 1 unspecified atom stereocenters. The monoisotopic (exact) mass is 576 g/mol. The fraction of sp³-hybridized carbons (Fsp3) is 0.429. The second kappa shape index (κ2) is 15.2. The Morgan fingerprint density at radius 2 is 1.85 bits per heavy atom. The highest BCUT2D eigenvalue weighted by Gasteiger charge is 2.31. The number of hydrazine groups is 1. The maximum atomic E-state index is 13.8. The van der Waals surface area contributed by atoms with E-state index in [1.165, 1.54) is 16.2 Å². The molecule has 0 aliphatic carbocycles. The first kappa shape index (κ1) is 33.5. The second-order valence-corrected chi connectivity index (χ2v) is 10.5. The summed E-state index contributed by atoms with van der Waals surface area (Å²) in [4.78, 5) is 15.4. The van der Waals surface area contributed by atoms with Crippen LogP contribution in [-0.4, -0.2) is 61.1 Å². The molecule has 1 amide bonds. The van der Waals surface area contributed by atoms with E-state index in [1.807, 2.05) is 40.7 Å². The van der Waals surface area contributed by atoms with Gasteiger partial charge in [-0.15, -0.1) is 0 Å². The molecule has 0 aliphatic rings. The van der Waals surface area contributed by atoms with E-state index in [4.69, 9.17) is 43.2 Å². The van der Waals surface area contributed by atoms with Crippen LogP contribution in [0.2, 0.25) is 10.0 Å². The number of halogens is 2. The van der Waals surface area contributed by atoms with E-state index < -0.39 is 11.5 Å². The van der Waals surface area contributed by atoms with Crippen molar-refractivity contribution in [2.45, 2.75) is 46.6 Å². The Hall–Kier alpha value is -3.48. The molecular weight excluding hydrogens is 539 g/mol.